The van der Waals surface area contributed by atoms with Crippen LogP contribution in [0.2, 0.25) is 0 Å². The average Bonchev–Trinajstić information content (AvgIpc) is 3.36. The summed E-state index contributed by atoms with van der Waals surface area (Å²) in [5.41, 5.74) is 3.44. The predicted molar refractivity (Wildman–Crippen MR) is 129 cm³/mol. The molecular formula is C28H27NO4. The Labute approximate surface area is 194 Å². The maximum Gasteiger partial charge on any atom is 0.339 e. The summed E-state index contributed by atoms with van der Waals surface area (Å²) in [6, 6.07) is 20.4. The number of methoxy groups -OCH3 is 1. The van der Waals surface area contributed by atoms with E-state index < -0.39 is 5.97 Å². The fraction of sp³-hybridized carbons (Fsp3) is 0.250. The number of carboxylic acids is 1. The highest BCUT2D eigenvalue weighted by atomic mass is 16.5. The van der Waals surface area contributed by atoms with E-state index in [1.54, 1.807) is 19.2 Å². The second kappa shape index (κ2) is 10.1. The van der Waals surface area contributed by atoms with Crippen LogP contribution in [0.4, 0.5) is 11.4 Å². The largest absolute Gasteiger partial charge is 0.507 e. The Kier molecular flexibility index (Phi) is 6.85. The molecule has 0 spiro atoms. The first kappa shape index (κ1) is 22.3. The molecule has 0 amide bonds. The first-order valence-corrected chi connectivity index (χ1v) is 11.1. The number of nitrogens with zero attached hydrogens (tertiary/aromatic N) is 1. The van der Waals surface area contributed by atoms with Gasteiger partial charge in [-0.25, -0.2) is 4.79 Å². The van der Waals surface area contributed by atoms with Crippen LogP contribution >= 0.6 is 0 Å². The van der Waals surface area contributed by atoms with Crippen LogP contribution in [-0.4, -0.2) is 29.8 Å². The molecule has 5 heteroatoms. The van der Waals surface area contributed by atoms with Crippen LogP contribution in [0.3, 0.4) is 0 Å². The summed E-state index contributed by atoms with van der Waals surface area (Å²) in [6.07, 6.45) is 4.81. The lowest BCUT2D eigenvalue weighted by molar-refractivity contribution is 0.0693. The molecule has 0 radical (unpaired) electrons. The van der Waals surface area contributed by atoms with E-state index in [1.807, 2.05) is 48.5 Å². The molecule has 5 nitrogen and oxygen atoms in total. The lowest BCUT2D eigenvalue weighted by atomic mass is 10.0. The normalized spacial score (nSPS) is 13.2. The number of anilines is 2. The average molecular weight is 442 g/mol. The Morgan fingerprint density at radius 3 is 2.09 bits per heavy atom. The standard InChI is InChI=1S/C28H27NO4/c1-33-25-15-10-21(11-16-25)7-6-20-8-12-23(13-9-20)29(19-22-4-2-3-5-22)24-14-17-27(30)26(18-24)28(31)32/h8-18,22,30H,2-5,19H2,1H3,(H,31,32). The maximum atomic E-state index is 11.5. The van der Waals surface area contributed by atoms with Gasteiger partial charge in [0.2, 0.25) is 0 Å². The Bertz CT molecular complexity index is 1170. The summed E-state index contributed by atoms with van der Waals surface area (Å²) < 4.78 is 5.18. The van der Waals surface area contributed by atoms with Gasteiger partial charge >= 0.3 is 5.97 Å². The maximum absolute atomic E-state index is 11.5. The van der Waals surface area contributed by atoms with Gasteiger partial charge in [0.05, 0.1) is 7.11 Å². The topological polar surface area (TPSA) is 70.0 Å². The third-order valence-electron chi connectivity index (χ3n) is 6.06. The summed E-state index contributed by atoms with van der Waals surface area (Å²) in [6.45, 7) is 0.806. The molecule has 2 N–H and O–H groups in total. The molecule has 3 aromatic carbocycles. The Morgan fingerprint density at radius 2 is 1.52 bits per heavy atom. The number of rotatable bonds is 6. The first-order valence-electron chi connectivity index (χ1n) is 11.1. The number of hydrogen-bond donors (Lipinski definition) is 2. The van der Waals surface area contributed by atoms with Crippen LogP contribution in [0.1, 0.15) is 47.2 Å². The Balaban J connectivity index is 1.60. The number of carboxylic acid groups (broad SMARTS) is 1. The van der Waals surface area contributed by atoms with Crippen molar-refractivity contribution >= 4 is 17.3 Å². The van der Waals surface area contributed by atoms with Gasteiger partial charge in [-0.3, -0.25) is 0 Å². The van der Waals surface area contributed by atoms with Crippen LogP contribution in [-0.2, 0) is 0 Å². The SMILES string of the molecule is COc1ccc(C#Cc2ccc(N(CC3CCCC3)c3ccc(O)c(C(=O)O)c3)cc2)cc1. The Hall–Kier alpha value is -3.91. The Morgan fingerprint density at radius 1 is 0.939 bits per heavy atom. The van der Waals surface area contributed by atoms with Crippen molar-refractivity contribution in [1.29, 1.82) is 0 Å². The lowest BCUT2D eigenvalue weighted by Gasteiger charge is -2.28. The molecule has 1 fully saturated rings. The molecule has 1 aliphatic rings. The van der Waals surface area contributed by atoms with Crippen molar-refractivity contribution < 1.29 is 19.7 Å². The smallest absolute Gasteiger partial charge is 0.339 e. The van der Waals surface area contributed by atoms with E-state index in [2.05, 4.69) is 16.7 Å². The van der Waals surface area contributed by atoms with Crippen molar-refractivity contribution in [3.05, 3.63) is 83.4 Å². The number of aromatic carboxylic acids is 1. The van der Waals surface area contributed by atoms with Gasteiger partial charge < -0.3 is 19.8 Å². The minimum Gasteiger partial charge on any atom is -0.507 e. The summed E-state index contributed by atoms with van der Waals surface area (Å²) in [5, 5.41) is 19.4. The number of carbonyl (C=O) groups is 1. The van der Waals surface area contributed by atoms with Crippen molar-refractivity contribution in [2.45, 2.75) is 25.7 Å². The number of phenols is 1. The van der Waals surface area contributed by atoms with Crippen LogP contribution < -0.4 is 9.64 Å². The molecule has 0 atom stereocenters. The van der Waals surface area contributed by atoms with Crippen molar-refractivity contribution in [1.82, 2.24) is 0 Å². The van der Waals surface area contributed by atoms with E-state index in [1.165, 1.54) is 31.7 Å². The van der Waals surface area contributed by atoms with Crippen LogP contribution in [0, 0.1) is 17.8 Å². The fourth-order valence-corrected chi connectivity index (χ4v) is 4.22. The number of hydrogen-bond acceptors (Lipinski definition) is 4. The van der Waals surface area contributed by atoms with E-state index >= 15 is 0 Å². The van der Waals surface area contributed by atoms with Gasteiger partial charge in [0.1, 0.15) is 17.1 Å². The summed E-state index contributed by atoms with van der Waals surface area (Å²) >= 11 is 0. The first-order chi connectivity index (χ1) is 16.0. The lowest BCUT2D eigenvalue weighted by Crippen LogP contribution is -2.24. The van der Waals surface area contributed by atoms with Crippen LogP contribution in [0.15, 0.2) is 66.7 Å². The van der Waals surface area contributed by atoms with Crippen LogP contribution in [0.5, 0.6) is 11.5 Å². The second-order valence-corrected chi connectivity index (χ2v) is 8.29. The second-order valence-electron chi connectivity index (χ2n) is 8.29. The highest BCUT2D eigenvalue weighted by Crippen LogP contribution is 2.34. The van der Waals surface area contributed by atoms with E-state index in [-0.39, 0.29) is 11.3 Å². The minimum absolute atomic E-state index is 0.0918. The van der Waals surface area contributed by atoms with Gasteiger partial charge in [-0.1, -0.05) is 24.7 Å². The van der Waals surface area contributed by atoms with E-state index in [0.717, 1.165) is 34.8 Å². The van der Waals surface area contributed by atoms with E-state index in [9.17, 15) is 15.0 Å². The van der Waals surface area contributed by atoms with Gasteiger partial charge in [0, 0.05) is 29.0 Å². The summed E-state index contributed by atoms with van der Waals surface area (Å²) in [4.78, 5) is 13.7. The zero-order chi connectivity index (χ0) is 23.2. The molecule has 0 heterocycles. The molecule has 0 unspecified atom stereocenters. The van der Waals surface area contributed by atoms with E-state index in [4.69, 9.17) is 4.74 Å². The molecule has 3 aromatic rings. The minimum atomic E-state index is -1.14. The molecule has 0 aliphatic heterocycles. The van der Waals surface area contributed by atoms with Crippen LogP contribution in [0.25, 0.3) is 0 Å². The molecular weight excluding hydrogens is 414 g/mol. The molecule has 168 valence electrons. The van der Waals surface area contributed by atoms with Gasteiger partial charge in [0.25, 0.3) is 0 Å². The monoisotopic (exact) mass is 441 g/mol. The summed E-state index contributed by atoms with van der Waals surface area (Å²) in [5.74, 6) is 6.34. The molecule has 0 saturated heterocycles. The molecule has 0 bridgehead atoms. The predicted octanol–water partition coefficient (Wildman–Crippen LogP) is 5.83. The zero-order valence-electron chi connectivity index (χ0n) is 18.6. The van der Waals surface area contributed by atoms with Crippen molar-refractivity contribution in [2.75, 3.05) is 18.6 Å². The quantitative estimate of drug-likeness (QED) is 0.471. The molecule has 0 aromatic heterocycles. The van der Waals surface area contributed by atoms with Gasteiger partial charge in [0.15, 0.2) is 0 Å². The number of benzene rings is 3. The summed E-state index contributed by atoms with van der Waals surface area (Å²) in [7, 11) is 1.64. The van der Waals surface area contributed by atoms with Gasteiger partial charge in [-0.05, 0) is 85.5 Å². The third-order valence-corrected chi connectivity index (χ3v) is 6.06. The van der Waals surface area contributed by atoms with Gasteiger partial charge in [-0.2, -0.15) is 0 Å². The zero-order valence-corrected chi connectivity index (χ0v) is 18.6. The fourth-order valence-electron chi connectivity index (χ4n) is 4.22. The molecule has 1 aliphatic carbocycles. The number of ether oxygens (including phenoxy) is 1. The molecule has 33 heavy (non-hydrogen) atoms. The third kappa shape index (κ3) is 5.48. The highest BCUT2D eigenvalue weighted by molar-refractivity contribution is 5.92. The number of aromatic hydroxyl groups is 1. The molecule has 1 saturated carbocycles. The van der Waals surface area contributed by atoms with Crippen molar-refractivity contribution in [2.24, 2.45) is 5.92 Å². The van der Waals surface area contributed by atoms with E-state index in [0.29, 0.717) is 5.92 Å². The van der Waals surface area contributed by atoms with Gasteiger partial charge in [-0.15, -0.1) is 0 Å². The van der Waals surface area contributed by atoms with Crippen molar-refractivity contribution in [3.63, 3.8) is 0 Å². The van der Waals surface area contributed by atoms with Crippen molar-refractivity contribution in [3.8, 4) is 23.3 Å². The molecule has 4 rings (SSSR count). The highest BCUT2D eigenvalue weighted by Gasteiger charge is 2.21.